The van der Waals surface area contributed by atoms with Crippen molar-refractivity contribution >= 4 is 11.7 Å². The molecule has 0 fully saturated rings. The molecule has 1 aromatic heterocycles. The number of aromatic amines is 1. The number of hydrogen-bond donors (Lipinski definition) is 4. The van der Waals surface area contributed by atoms with Crippen molar-refractivity contribution in [2.75, 3.05) is 5.32 Å². The Bertz CT molecular complexity index is 336. The van der Waals surface area contributed by atoms with Crippen molar-refractivity contribution in [2.45, 2.75) is 12.7 Å². The molecule has 0 aromatic carbocycles. The molecule has 2 rings (SSSR count). The summed E-state index contributed by atoms with van der Waals surface area (Å²) >= 11 is 0. The molecule has 0 saturated carbocycles. The van der Waals surface area contributed by atoms with Crippen LogP contribution in [0.4, 0.5) is 5.82 Å². The first kappa shape index (κ1) is 7.11. The Balaban J connectivity index is 2.52. The third-order valence-electron chi connectivity index (χ3n) is 1.62. The van der Waals surface area contributed by atoms with Crippen molar-refractivity contribution in [3.8, 4) is 0 Å². The number of rotatable bonds is 0. The molecule has 1 unspecified atom stereocenters. The van der Waals surface area contributed by atoms with E-state index < -0.39 is 5.79 Å². The minimum Gasteiger partial charge on any atom is -0.382 e. The van der Waals surface area contributed by atoms with Crippen LogP contribution in [-0.2, 0) is 0 Å². The van der Waals surface area contributed by atoms with Crippen LogP contribution in [-0.4, -0.2) is 21.6 Å². The zero-order valence-corrected chi connectivity index (χ0v) is 6.63. The van der Waals surface area contributed by atoms with Crippen LogP contribution in [0.1, 0.15) is 12.6 Å². The molecule has 6 nitrogen and oxygen atoms in total. The number of imidazole rings is 1. The zero-order valence-electron chi connectivity index (χ0n) is 6.63. The maximum absolute atomic E-state index is 5.71. The second-order valence-electron chi connectivity index (χ2n) is 2.90. The van der Waals surface area contributed by atoms with Crippen molar-refractivity contribution < 1.29 is 0 Å². The molecular formula is C6H10N6. The highest BCUT2D eigenvalue weighted by Crippen LogP contribution is 2.19. The minimum atomic E-state index is -0.855. The molecule has 1 aromatic rings. The molecule has 2 heterocycles. The maximum atomic E-state index is 5.71. The van der Waals surface area contributed by atoms with Crippen LogP contribution in [0.15, 0.2) is 11.3 Å². The van der Waals surface area contributed by atoms with E-state index in [0.29, 0.717) is 17.3 Å². The van der Waals surface area contributed by atoms with Crippen molar-refractivity contribution in [2.24, 2.45) is 16.5 Å². The molecule has 1 atom stereocenters. The van der Waals surface area contributed by atoms with Gasteiger partial charge in [0.15, 0.2) is 11.6 Å². The largest absolute Gasteiger partial charge is 0.382 e. The Kier molecular flexibility index (Phi) is 1.17. The molecule has 0 bridgehead atoms. The SMILES string of the molecule is CC1(N)N=C(N)c2[nH]cnc2N1. The lowest BCUT2D eigenvalue weighted by atomic mass is 10.3. The molecule has 0 spiro atoms. The predicted molar refractivity (Wildman–Crippen MR) is 45.5 cm³/mol. The fourth-order valence-corrected chi connectivity index (χ4v) is 1.16. The number of hydrogen-bond acceptors (Lipinski definition) is 5. The van der Waals surface area contributed by atoms with Crippen molar-refractivity contribution in [3.05, 3.63) is 12.0 Å². The Morgan fingerprint density at radius 2 is 2.33 bits per heavy atom. The number of nitrogens with one attached hydrogen (secondary N) is 2. The average Bonchev–Trinajstić information content (AvgIpc) is 2.31. The number of anilines is 1. The average molecular weight is 166 g/mol. The maximum Gasteiger partial charge on any atom is 0.182 e. The van der Waals surface area contributed by atoms with E-state index >= 15 is 0 Å². The molecule has 0 saturated heterocycles. The van der Waals surface area contributed by atoms with E-state index in [1.165, 1.54) is 0 Å². The van der Waals surface area contributed by atoms with Crippen LogP contribution in [0.3, 0.4) is 0 Å². The van der Waals surface area contributed by atoms with E-state index in [9.17, 15) is 0 Å². The van der Waals surface area contributed by atoms with Gasteiger partial charge in [-0.1, -0.05) is 0 Å². The number of fused-ring (bicyclic) bond motifs is 1. The van der Waals surface area contributed by atoms with Crippen molar-refractivity contribution in [1.82, 2.24) is 9.97 Å². The summed E-state index contributed by atoms with van der Waals surface area (Å²) in [5.74, 6) is 0.172. The summed E-state index contributed by atoms with van der Waals surface area (Å²) in [5.41, 5.74) is 12.0. The first-order valence-corrected chi connectivity index (χ1v) is 3.55. The van der Waals surface area contributed by atoms with Crippen LogP contribution >= 0.6 is 0 Å². The Morgan fingerprint density at radius 3 is 3.08 bits per heavy atom. The lowest BCUT2D eigenvalue weighted by Gasteiger charge is -2.26. The summed E-state index contributed by atoms with van der Waals surface area (Å²) in [4.78, 5) is 10.9. The molecule has 6 N–H and O–H groups in total. The van der Waals surface area contributed by atoms with E-state index in [1.54, 1.807) is 13.3 Å². The van der Waals surface area contributed by atoms with Crippen LogP contribution in [0.5, 0.6) is 0 Å². The normalized spacial score (nSPS) is 27.3. The highest BCUT2D eigenvalue weighted by molar-refractivity contribution is 6.01. The van der Waals surface area contributed by atoms with E-state index in [2.05, 4.69) is 20.3 Å². The minimum absolute atomic E-state index is 0.381. The number of aliphatic imine (C=N–C) groups is 1. The van der Waals surface area contributed by atoms with Gasteiger partial charge in [0, 0.05) is 0 Å². The Labute approximate surface area is 69.1 Å². The zero-order chi connectivity index (χ0) is 8.77. The molecule has 1 aliphatic rings. The summed E-state index contributed by atoms with van der Waals surface area (Å²) in [5, 5.41) is 2.91. The van der Waals surface area contributed by atoms with Gasteiger partial charge < -0.3 is 16.0 Å². The van der Waals surface area contributed by atoms with Gasteiger partial charge in [0.2, 0.25) is 0 Å². The first-order chi connectivity index (χ1) is 5.58. The number of amidine groups is 1. The number of nitrogens with zero attached hydrogens (tertiary/aromatic N) is 2. The number of H-pyrrole nitrogens is 1. The van der Waals surface area contributed by atoms with Gasteiger partial charge in [-0.3, -0.25) is 5.73 Å². The Hall–Kier alpha value is -1.56. The van der Waals surface area contributed by atoms with Gasteiger partial charge in [0.1, 0.15) is 11.5 Å². The molecule has 6 heteroatoms. The second kappa shape index (κ2) is 1.98. The van der Waals surface area contributed by atoms with Gasteiger partial charge in [-0.05, 0) is 6.92 Å². The van der Waals surface area contributed by atoms with Gasteiger partial charge in [-0.2, -0.15) is 0 Å². The van der Waals surface area contributed by atoms with Crippen molar-refractivity contribution in [1.29, 1.82) is 0 Å². The summed E-state index contributed by atoms with van der Waals surface area (Å²) in [6, 6.07) is 0. The molecule has 1 aliphatic heterocycles. The monoisotopic (exact) mass is 166 g/mol. The molecule has 0 radical (unpaired) electrons. The number of nitrogens with two attached hydrogens (primary N) is 2. The fraction of sp³-hybridized carbons (Fsp3) is 0.333. The van der Waals surface area contributed by atoms with E-state index in [0.717, 1.165) is 0 Å². The molecule has 12 heavy (non-hydrogen) atoms. The summed E-state index contributed by atoms with van der Waals surface area (Å²) in [6.45, 7) is 1.72. The van der Waals surface area contributed by atoms with E-state index in [4.69, 9.17) is 11.5 Å². The van der Waals surface area contributed by atoms with Gasteiger partial charge in [-0.15, -0.1) is 0 Å². The second-order valence-corrected chi connectivity index (χ2v) is 2.90. The van der Waals surface area contributed by atoms with Gasteiger partial charge in [0.05, 0.1) is 6.33 Å². The van der Waals surface area contributed by atoms with Crippen LogP contribution < -0.4 is 16.8 Å². The molecular weight excluding hydrogens is 156 g/mol. The van der Waals surface area contributed by atoms with Crippen molar-refractivity contribution in [3.63, 3.8) is 0 Å². The summed E-state index contributed by atoms with van der Waals surface area (Å²) < 4.78 is 0. The van der Waals surface area contributed by atoms with Gasteiger partial charge in [-0.25, -0.2) is 9.98 Å². The first-order valence-electron chi connectivity index (χ1n) is 3.55. The lowest BCUT2D eigenvalue weighted by molar-refractivity contribution is 0.559. The van der Waals surface area contributed by atoms with Crippen LogP contribution in [0.2, 0.25) is 0 Å². The topological polar surface area (TPSA) is 105 Å². The Morgan fingerprint density at radius 1 is 1.58 bits per heavy atom. The van der Waals surface area contributed by atoms with E-state index in [1.807, 2.05) is 0 Å². The molecule has 0 amide bonds. The number of aromatic nitrogens is 2. The lowest BCUT2D eigenvalue weighted by Crippen LogP contribution is -2.47. The predicted octanol–water partition coefficient (Wildman–Crippen LogP) is -0.827. The van der Waals surface area contributed by atoms with E-state index in [-0.39, 0.29) is 0 Å². The molecule has 64 valence electrons. The van der Waals surface area contributed by atoms with Crippen LogP contribution in [0, 0.1) is 0 Å². The van der Waals surface area contributed by atoms with Crippen LogP contribution in [0.25, 0.3) is 0 Å². The highest BCUT2D eigenvalue weighted by atomic mass is 15.3. The standard InChI is InChI=1S/C6H10N6/c1-6(8)11-4(7)3-5(12-6)10-2-9-3/h2,12H,8H2,1H3,(H2,7,11)(H,9,10). The summed E-state index contributed by atoms with van der Waals surface area (Å²) in [6.07, 6.45) is 1.54. The highest BCUT2D eigenvalue weighted by Gasteiger charge is 2.26. The van der Waals surface area contributed by atoms with Gasteiger partial charge >= 0.3 is 0 Å². The quantitative estimate of drug-likeness (QED) is 0.403. The fourth-order valence-electron chi connectivity index (χ4n) is 1.16. The third-order valence-corrected chi connectivity index (χ3v) is 1.62. The molecule has 0 aliphatic carbocycles. The van der Waals surface area contributed by atoms with Gasteiger partial charge in [0.25, 0.3) is 0 Å². The third kappa shape index (κ3) is 0.928. The summed E-state index contributed by atoms with van der Waals surface area (Å²) in [7, 11) is 0. The smallest absolute Gasteiger partial charge is 0.182 e.